The number of hydrogen-bond acceptors (Lipinski definition) is 5. The molecule has 0 spiro atoms. The summed E-state index contributed by atoms with van der Waals surface area (Å²) in [6.07, 6.45) is 0. The second-order valence-electron chi connectivity index (χ2n) is 6.07. The van der Waals surface area contributed by atoms with Gasteiger partial charge in [-0.05, 0) is 49.4 Å². The molecule has 1 N–H and O–H groups in total. The summed E-state index contributed by atoms with van der Waals surface area (Å²) in [5.41, 5.74) is 1.92. The fourth-order valence-electron chi connectivity index (χ4n) is 2.60. The minimum atomic E-state index is -0.425. The number of nitrogens with one attached hydrogen (secondary N) is 1. The minimum absolute atomic E-state index is 0.236. The summed E-state index contributed by atoms with van der Waals surface area (Å²) in [4.78, 5) is 36.1. The first kappa shape index (κ1) is 20.5. The molecule has 0 unspecified atom stereocenters. The Labute approximate surface area is 175 Å². The smallest absolute Gasteiger partial charge is 0.338 e. The zero-order chi connectivity index (χ0) is 20.8. The fourth-order valence-corrected chi connectivity index (χ4v) is 3.00. The van der Waals surface area contributed by atoms with Crippen LogP contribution in [0.15, 0.2) is 69.9 Å². The van der Waals surface area contributed by atoms with Crippen molar-refractivity contribution < 1.29 is 14.3 Å². The SMILES string of the molecule is CCOC(=O)c1ccc(NC(=O)Cn2nc(-c3cccc(Br)c3)ccc2=O)cc1. The number of halogens is 1. The number of aromatic nitrogens is 2. The maximum atomic E-state index is 12.3. The van der Waals surface area contributed by atoms with E-state index in [-0.39, 0.29) is 18.7 Å². The van der Waals surface area contributed by atoms with Crippen LogP contribution in [0, 0.1) is 0 Å². The predicted molar refractivity (Wildman–Crippen MR) is 113 cm³/mol. The van der Waals surface area contributed by atoms with Crippen molar-refractivity contribution in [2.24, 2.45) is 0 Å². The number of carbonyl (C=O) groups is 2. The average molecular weight is 456 g/mol. The standard InChI is InChI=1S/C21H18BrN3O4/c1-2-29-21(28)14-6-8-17(9-7-14)23-19(26)13-25-20(27)11-10-18(24-25)15-4-3-5-16(22)12-15/h3-12H,2,13H2,1H3,(H,23,26). The van der Waals surface area contributed by atoms with Gasteiger partial charge in [0, 0.05) is 21.8 Å². The molecule has 29 heavy (non-hydrogen) atoms. The number of nitrogens with zero attached hydrogens (tertiary/aromatic N) is 2. The van der Waals surface area contributed by atoms with E-state index in [0.29, 0.717) is 16.9 Å². The van der Waals surface area contributed by atoms with Crippen LogP contribution in [0.2, 0.25) is 0 Å². The molecule has 3 rings (SSSR count). The van der Waals surface area contributed by atoms with E-state index in [9.17, 15) is 14.4 Å². The summed E-state index contributed by atoms with van der Waals surface area (Å²) in [6, 6.07) is 16.8. The molecule has 0 aliphatic rings. The predicted octanol–water partition coefficient (Wildman–Crippen LogP) is 3.49. The van der Waals surface area contributed by atoms with Gasteiger partial charge in [-0.15, -0.1) is 0 Å². The van der Waals surface area contributed by atoms with E-state index in [1.807, 2.05) is 24.3 Å². The molecule has 0 atom stereocenters. The van der Waals surface area contributed by atoms with Gasteiger partial charge in [-0.25, -0.2) is 9.48 Å². The van der Waals surface area contributed by atoms with Crippen LogP contribution in [-0.2, 0) is 16.1 Å². The fraction of sp³-hybridized carbons (Fsp3) is 0.143. The second-order valence-corrected chi connectivity index (χ2v) is 6.99. The maximum absolute atomic E-state index is 12.3. The van der Waals surface area contributed by atoms with Crippen molar-refractivity contribution in [1.29, 1.82) is 0 Å². The van der Waals surface area contributed by atoms with E-state index >= 15 is 0 Å². The Hall–Kier alpha value is -3.26. The van der Waals surface area contributed by atoms with Crippen LogP contribution < -0.4 is 10.9 Å². The summed E-state index contributed by atoms with van der Waals surface area (Å²) in [6.45, 7) is 1.78. The summed E-state index contributed by atoms with van der Waals surface area (Å²) < 4.78 is 6.92. The third-order valence-corrected chi connectivity index (χ3v) is 4.45. The molecule has 1 amide bonds. The largest absolute Gasteiger partial charge is 0.462 e. The van der Waals surface area contributed by atoms with Crippen LogP contribution in [0.1, 0.15) is 17.3 Å². The molecule has 0 fully saturated rings. The van der Waals surface area contributed by atoms with Gasteiger partial charge >= 0.3 is 5.97 Å². The van der Waals surface area contributed by atoms with Crippen molar-refractivity contribution in [2.45, 2.75) is 13.5 Å². The molecule has 1 aromatic heterocycles. The highest BCUT2D eigenvalue weighted by Crippen LogP contribution is 2.20. The number of benzene rings is 2. The third-order valence-electron chi connectivity index (χ3n) is 3.96. The maximum Gasteiger partial charge on any atom is 0.338 e. The molecule has 3 aromatic rings. The van der Waals surface area contributed by atoms with E-state index in [4.69, 9.17) is 4.74 Å². The van der Waals surface area contributed by atoms with Gasteiger partial charge in [-0.1, -0.05) is 28.1 Å². The Morgan fingerprint density at radius 2 is 1.86 bits per heavy atom. The highest BCUT2D eigenvalue weighted by Gasteiger charge is 2.10. The molecule has 8 heteroatoms. The van der Waals surface area contributed by atoms with Crippen LogP contribution in [0.5, 0.6) is 0 Å². The second kappa shape index (κ2) is 9.29. The van der Waals surface area contributed by atoms with Gasteiger partial charge in [0.1, 0.15) is 6.54 Å². The lowest BCUT2D eigenvalue weighted by Crippen LogP contribution is -2.29. The number of ether oxygens (including phenoxy) is 1. The zero-order valence-corrected chi connectivity index (χ0v) is 17.2. The monoisotopic (exact) mass is 455 g/mol. The molecule has 0 saturated carbocycles. The van der Waals surface area contributed by atoms with Crippen molar-refractivity contribution >= 4 is 33.5 Å². The van der Waals surface area contributed by atoms with Crippen molar-refractivity contribution in [3.8, 4) is 11.3 Å². The summed E-state index contributed by atoms with van der Waals surface area (Å²) in [7, 11) is 0. The van der Waals surface area contributed by atoms with Gasteiger partial charge in [0.15, 0.2) is 0 Å². The van der Waals surface area contributed by atoms with Crippen molar-refractivity contribution in [3.05, 3.63) is 81.1 Å². The van der Waals surface area contributed by atoms with Gasteiger partial charge in [-0.2, -0.15) is 5.10 Å². The van der Waals surface area contributed by atoms with Crippen LogP contribution >= 0.6 is 15.9 Å². The Morgan fingerprint density at radius 1 is 1.10 bits per heavy atom. The number of esters is 1. The minimum Gasteiger partial charge on any atom is -0.462 e. The van der Waals surface area contributed by atoms with E-state index < -0.39 is 11.9 Å². The van der Waals surface area contributed by atoms with E-state index in [1.54, 1.807) is 37.3 Å². The van der Waals surface area contributed by atoms with E-state index in [1.165, 1.54) is 6.07 Å². The van der Waals surface area contributed by atoms with Gasteiger partial charge < -0.3 is 10.1 Å². The normalized spacial score (nSPS) is 10.4. The molecule has 7 nitrogen and oxygen atoms in total. The van der Waals surface area contributed by atoms with Crippen LogP contribution in [-0.4, -0.2) is 28.3 Å². The number of hydrogen-bond donors (Lipinski definition) is 1. The molecule has 0 radical (unpaired) electrons. The van der Waals surface area contributed by atoms with Gasteiger partial charge in [0.05, 0.1) is 17.9 Å². The van der Waals surface area contributed by atoms with Crippen molar-refractivity contribution in [1.82, 2.24) is 9.78 Å². The van der Waals surface area contributed by atoms with E-state index in [0.717, 1.165) is 14.7 Å². The first-order chi connectivity index (χ1) is 14.0. The molecule has 0 bridgehead atoms. The third kappa shape index (κ3) is 5.39. The molecule has 0 aliphatic carbocycles. The molecule has 0 saturated heterocycles. The van der Waals surface area contributed by atoms with E-state index in [2.05, 4.69) is 26.3 Å². The number of carbonyl (C=O) groups excluding carboxylic acids is 2. The average Bonchev–Trinajstić information content (AvgIpc) is 2.70. The van der Waals surface area contributed by atoms with Gasteiger partial charge in [0.2, 0.25) is 5.91 Å². The summed E-state index contributed by atoms with van der Waals surface area (Å²) >= 11 is 3.40. The highest BCUT2D eigenvalue weighted by molar-refractivity contribution is 9.10. The topological polar surface area (TPSA) is 90.3 Å². The zero-order valence-electron chi connectivity index (χ0n) is 15.6. The van der Waals surface area contributed by atoms with Crippen LogP contribution in [0.3, 0.4) is 0 Å². The molecular weight excluding hydrogens is 438 g/mol. The lowest BCUT2D eigenvalue weighted by atomic mass is 10.1. The Morgan fingerprint density at radius 3 is 2.55 bits per heavy atom. The first-order valence-corrected chi connectivity index (χ1v) is 9.66. The lowest BCUT2D eigenvalue weighted by molar-refractivity contribution is -0.117. The lowest BCUT2D eigenvalue weighted by Gasteiger charge is -2.09. The summed E-state index contributed by atoms with van der Waals surface area (Å²) in [5, 5.41) is 6.97. The van der Waals surface area contributed by atoms with Crippen LogP contribution in [0.25, 0.3) is 11.3 Å². The highest BCUT2D eigenvalue weighted by atomic mass is 79.9. The molecule has 2 aromatic carbocycles. The Bertz CT molecular complexity index is 1090. The molecular formula is C21H18BrN3O4. The number of rotatable bonds is 6. The van der Waals surface area contributed by atoms with Crippen molar-refractivity contribution in [3.63, 3.8) is 0 Å². The molecule has 148 valence electrons. The molecule has 1 heterocycles. The number of anilines is 1. The quantitative estimate of drug-likeness (QED) is 0.574. The summed E-state index contributed by atoms with van der Waals surface area (Å²) in [5.74, 6) is -0.833. The van der Waals surface area contributed by atoms with Crippen molar-refractivity contribution in [2.75, 3.05) is 11.9 Å². The Kier molecular flexibility index (Phi) is 6.56. The van der Waals surface area contributed by atoms with Crippen LogP contribution in [0.4, 0.5) is 5.69 Å². The van der Waals surface area contributed by atoms with Gasteiger partial charge in [-0.3, -0.25) is 9.59 Å². The molecule has 0 aliphatic heterocycles. The van der Waals surface area contributed by atoms with Gasteiger partial charge in [0.25, 0.3) is 5.56 Å². The number of amides is 1. The first-order valence-electron chi connectivity index (χ1n) is 8.87. The Balaban J connectivity index is 1.71.